The average Bonchev–Trinajstić information content (AvgIpc) is 2.38. The van der Waals surface area contributed by atoms with Crippen LogP contribution in [0, 0.1) is 0 Å². The number of hydrogen-bond acceptors (Lipinski definition) is 3. The molecular weight excluding hydrogens is 364 g/mol. The van der Waals surface area contributed by atoms with Gasteiger partial charge in [0.1, 0.15) is 12.4 Å². The van der Waals surface area contributed by atoms with Crippen LogP contribution >= 0.6 is 40.2 Å². The van der Waals surface area contributed by atoms with E-state index in [1.54, 1.807) is 30.3 Å². The summed E-state index contributed by atoms with van der Waals surface area (Å²) in [6.45, 7) is 0.106. The molecule has 3 nitrogen and oxygen atoms in total. The van der Waals surface area contributed by atoms with E-state index in [1.807, 2.05) is 0 Å². The minimum Gasteiger partial charge on any atom is -0.487 e. The number of carbonyl (C=O) groups is 1. The molecule has 104 valence electrons. The van der Waals surface area contributed by atoms with Crippen molar-refractivity contribution in [2.24, 2.45) is 0 Å². The van der Waals surface area contributed by atoms with Crippen molar-refractivity contribution < 1.29 is 14.6 Å². The van der Waals surface area contributed by atoms with Crippen molar-refractivity contribution in [2.45, 2.75) is 11.5 Å². The lowest BCUT2D eigenvalue weighted by Gasteiger charge is -2.12. The van der Waals surface area contributed by atoms with Crippen molar-refractivity contribution in [2.75, 3.05) is 0 Å². The number of thiol groups is 1. The molecule has 0 fully saturated rings. The fraction of sp³-hybridized carbons (Fsp3) is 0.0714. The summed E-state index contributed by atoms with van der Waals surface area (Å²) in [5.41, 5.74) is 0.757. The van der Waals surface area contributed by atoms with E-state index in [0.29, 0.717) is 20.8 Å². The van der Waals surface area contributed by atoms with E-state index >= 15 is 0 Å². The monoisotopic (exact) mass is 372 g/mol. The molecule has 1 N–H and O–H groups in total. The highest BCUT2D eigenvalue weighted by Gasteiger charge is 2.14. The normalized spacial score (nSPS) is 10.3. The molecule has 0 heterocycles. The van der Waals surface area contributed by atoms with Gasteiger partial charge in [0, 0.05) is 14.9 Å². The number of hydrogen-bond donors (Lipinski definition) is 2. The fourth-order valence-electron chi connectivity index (χ4n) is 1.66. The summed E-state index contributed by atoms with van der Waals surface area (Å²) < 4.78 is 6.27. The number of carboxylic acid groups (broad SMARTS) is 1. The van der Waals surface area contributed by atoms with E-state index in [4.69, 9.17) is 21.4 Å². The first-order valence-corrected chi connectivity index (χ1v) is 7.23. The van der Waals surface area contributed by atoms with Gasteiger partial charge in [0.05, 0.1) is 10.6 Å². The van der Waals surface area contributed by atoms with Gasteiger partial charge >= 0.3 is 5.97 Å². The highest BCUT2D eigenvalue weighted by molar-refractivity contribution is 9.10. The van der Waals surface area contributed by atoms with Gasteiger partial charge in [-0.05, 0) is 30.3 Å². The van der Waals surface area contributed by atoms with Crippen LogP contribution in [-0.2, 0) is 6.61 Å². The maximum Gasteiger partial charge on any atom is 0.336 e. The summed E-state index contributed by atoms with van der Waals surface area (Å²) in [5.74, 6) is -0.515. The highest BCUT2D eigenvalue weighted by atomic mass is 79.9. The molecule has 0 unspecified atom stereocenters. The number of rotatable bonds is 4. The largest absolute Gasteiger partial charge is 0.487 e. The Morgan fingerprint density at radius 3 is 2.75 bits per heavy atom. The van der Waals surface area contributed by atoms with Gasteiger partial charge in [-0.3, -0.25) is 0 Å². The zero-order chi connectivity index (χ0) is 14.7. The first-order valence-electron chi connectivity index (χ1n) is 5.61. The second-order valence-corrected chi connectivity index (χ2v) is 5.75. The van der Waals surface area contributed by atoms with E-state index < -0.39 is 5.97 Å². The molecule has 0 saturated carbocycles. The Hall–Kier alpha value is -1.17. The van der Waals surface area contributed by atoms with Crippen LogP contribution in [0.3, 0.4) is 0 Å². The zero-order valence-electron chi connectivity index (χ0n) is 10.1. The van der Waals surface area contributed by atoms with Crippen LogP contribution in [0.15, 0.2) is 45.8 Å². The van der Waals surface area contributed by atoms with Crippen LogP contribution in [0.5, 0.6) is 5.75 Å². The lowest BCUT2D eigenvalue weighted by atomic mass is 10.1. The van der Waals surface area contributed by atoms with Gasteiger partial charge in [-0.15, -0.1) is 12.6 Å². The standard InChI is InChI=1S/C14H10BrClO3S/c15-11-3-1-2-9(14(17)18)10(11)7-19-13-5-4-8(20)6-12(13)16/h1-6,20H,7H2,(H,17,18). The molecular formula is C14H10BrClO3S. The Bertz CT molecular complexity index is 661. The third-order valence-electron chi connectivity index (χ3n) is 2.64. The molecule has 2 rings (SSSR count). The van der Waals surface area contributed by atoms with Gasteiger partial charge in [0.15, 0.2) is 0 Å². The molecule has 0 spiro atoms. The third-order valence-corrected chi connectivity index (χ3v) is 3.95. The second-order valence-electron chi connectivity index (χ2n) is 3.97. The Balaban J connectivity index is 2.25. The van der Waals surface area contributed by atoms with Gasteiger partial charge in [0.2, 0.25) is 0 Å². The molecule has 2 aromatic rings. The molecule has 0 aliphatic heterocycles. The third kappa shape index (κ3) is 3.48. The van der Waals surface area contributed by atoms with Crippen LogP contribution in [0.4, 0.5) is 0 Å². The van der Waals surface area contributed by atoms with Crippen molar-refractivity contribution in [3.8, 4) is 5.75 Å². The Labute approximate surface area is 135 Å². The van der Waals surface area contributed by atoms with Gasteiger partial charge in [-0.1, -0.05) is 33.6 Å². The molecule has 0 atom stereocenters. The first-order chi connectivity index (χ1) is 9.49. The van der Waals surface area contributed by atoms with E-state index in [-0.39, 0.29) is 12.2 Å². The number of aromatic carboxylic acids is 1. The van der Waals surface area contributed by atoms with Crippen LogP contribution in [0.25, 0.3) is 0 Å². The Morgan fingerprint density at radius 2 is 2.10 bits per heavy atom. The van der Waals surface area contributed by atoms with Gasteiger partial charge < -0.3 is 9.84 Å². The summed E-state index contributed by atoms with van der Waals surface area (Å²) in [5, 5.41) is 9.60. The zero-order valence-corrected chi connectivity index (χ0v) is 13.4. The maximum atomic E-state index is 11.2. The number of benzene rings is 2. The minimum atomic E-state index is -0.998. The molecule has 0 radical (unpaired) electrons. The second kappa shape index (κ2) is 6.52. The summed E-state index contributed by atoms with van der Waals surface area (Å²) in [6, 6.07) is 10.1. The summed E-state index contributed by atoms with van der Waals surface area (Å²) >= 11 is 13.5. The molecule has 6 heteroatoms. The predicted molar refractivity (Wildman–Crippen MR) is 84.1 cm³/mol. The van der Waals surface area contributed by atoms with Crippen molar-refractivity contribution >= 4 is 46.1 Å². The van der Waals surface area contributed by atoms with E-state index in [1.165, 1.54) is 6.07 Å². The Kier molecular flexibility index (Phi) is 4.96. The maximum absolute atomic E-state index is 11.2. The smallest absolute Gasteiger partial charge is 0.336 e. The topological polar surface area (TPSA) is 46.5 Å². The average molecular weight is 374 g/mol. The summed E-state index contributed by atoms with van der Waals surface area (Å²) in [7, 11) is 0. The molecule has 0 aliphatic carbocycles. The van der Waals surface area contributed by atoms with Crippen LogP contribution in [0.2, 0.25) is 5.02 Å². The van der Waals surface area contributed by atoms with Gasteiger partial charge in [0.25, 0.3) is 0 Å². The van der Waals surface area contributed by atoms with Crippen LogP contribution in [-0.4, -0.2) is 11.1 Å². The highest BCUT2D eigenvalue weighted by Crippen LogP contribution is 2.29. The molecule has 0 amide bonds. The number of ether oxygens (including phenoxy) is 1. The molecule has 0 saturated heterocycles. The van der Waals surface area contributed by atoms with Crippen LogP contribution < -0.4 is 4.74 Å². The molecule has 2 aromatic carbocycles. The van der Waals surface area contributed by atoms with Crippen LogP contribution in [0.1, 0.15) is 15.9 Å². The minimum absolute atomic E-state index is 0.106. The lowest BCUT2D eigenvalue weighted by Crippen LogP contribution is -2.06. The SMILES string of the molecule is O=C(O)c1cccc(Br)c1COc1ccc(S)cc1Cl. The predicted octanol–water partition coefficient (Wildman–Crippen LogP) is 4.67. The van der Waals surface area contributed by atoms with Crippen molar-refractivity contribution in [3.05, 3.63) is 57.0 Å². The van der Waals surface area contributed by atoms with Crippen molar-refractivity contribution in [1.29, 1.82) is 0 Å². The van der Waals surface area contributed by atoms with E-state index in [0.717, 1.165) is 4.90 Å². The number of halogens is 2. The molecule has 0 aromatic heterocycles. The van der Waals surface area contributed by atoms with E-state index in [9.17, 15) is 4.79 Å². The van der Waals surface area contributed by atoms with Crippen molar-refractivity contribution in [1.82, 2.24) is 0 Å². The quantitative estimate of drug-likeness (QED) is 0.766. The number of carboxylic acids is 1. The first kappa shape index (κ1) is 15.2. The Morgan fingerprint density at radius 1 is 1.35 bits per heavy atom. The van der Waals surface area contributed by atoms with Gasteiger partial charge in [-0.2, -0.15) is 0 Å². The molecule has 20 heavy (non-hydrogen) atoms. The fourth-order valence-corrected chi connectivity index (χ4v) is 2.66. The summed E-state index contributed by atoms with van der Waals surface area (Å²) in [4.78, 5) is 11.9. The van der Waals surface area contributed by atoms with E-state index in [2.05, 4.69) is 28.6 Å². The molecule has 0 bridgehead atoms. The van der Waals surface area contributed by atoms with Crippen molar-refractivity contribution in [3.63, 3.8) is 0 Å². The summed E-state index contributed by atoms with van der Waals surface area (Å²) in [6.07, 6.45) is 0. The van der Waals surface area contributed by atoms with Gasteiger partial charge in [-0.25, -0.2) is 4.79 Å². The molecule has 0 aliphatic rings. The lowest BCUT2D eigenvalue weighted by molar-refractivity contribution is 0.0694.